The maximum absolute atomic E-state index is 11.8. The van der Waals surface area contributed by atoms with Gasteiger partial charge in [0.15, 0.2) is 0 Å². The van der Waals surface area contributed by atoms with Gasteiger partial charge < -0.3 is 15.4 Å². The summed E-state index contributed by atoms with van der Waals surface area (Å²) in [5.74, 6) is -0.429. The molecule has 0 fully saturated rings. The number of para-hydroxylation sites is 1. The molecule has 0 aliphatic heterocycles. The number of nitrogen functional groups attached to an aromatic ring is 1. The van der Waals surface area contributed by atoms with E-state index >= 15 is 0 Å². The number of carbonyl (C=O) groups is 1. The van der Waals surface area contributed by atoms with E-state index in [4.69, 9.17) is 22.1 Å². The Hall–Kier alpha value is -0.970. The normalized spacial score (nSPS) is 10.1. The Morgan fingerprint density at radius 3 is 2.58 bits per heavy atom. The molecule has 2 N–H and O–H groups in total. The van der Waals surface area contributed by atoms with Crippen LogP contribution in [0.5, 0.6) is 0 Å². The van der Waals surface area contributed by atoms with E-state index in [1.807, 2.05) is 0 Å². The van der Waals surface area contributed by atoms with Crippen LogP contribution >= 0.6 is 24.0 Å². The molecule has 0 heterocycles. The van der Waals surface area contributed by atoms with E-state index in [1.165, 1.54) is 0 Å². The van der Waals surface area contributed by atoms with Crippen molar-refractivity contribution in [1.82, 2.24) is 4.90 Å². The minimum Gasteiger partial charge on any atom is -0.461 e. The van der Waals surface area contributed by atoms with Crippen LogP contribution in [0.3, 0.4) is 0 Å². The Bertz CT molecular complexity index is 410. The van der Waals surface area contributed by atoms with Crippen molar-refractivity contribution in [3.63, 3.8) is 0 Å². The van der Waals surface area contributed by atoms with Gasteiger partial charge >= 0.3 is 5.97 Å². The summed E-state index contributed by atoms with van der Waals surface area (Å²) in [7, 11) is 0. The Morgan fingerprint density at radius 1 is 1.37 bits per heavy atom. The summed E-state index contributed by atoms with van der Waals surface area (Å²) in [4.78, 5) is 14.0. The van der Waals surface area contributed by atoms with Crippen molar-refractivity contribution in [1.29, 1.82) is 0 Å². The van der Waals surface area contributed by atoms with Crippen LogP contribution in [0.15, 0.2) is 18.2 Å². The molecule has 0 atom stereocenters. The van der Waals surface area contributed by atoms with E-state index in [1.54, 1.807) is 18.2 Å². The lowest BCUT2D eigenvalue weighted by Crippen LogP contribution is -2.28. The monoisotopic (exact) mass is 306 g/mol. The molecule has 0 aliphatic carbocycles. The molecule has 0 aromatic heterocycles. The van der Waals surface area contributed by atoms with Crippen LogP contribution < -0.4 is 5.73 Å². The highest BCUT2D eigenvalue weighted by Crippen LogP contribution is 2.22. The first-order chi connectivity index (χ1) is 8.60. The highest BCUT2D eigenvalue weighted by molar-refractivity contribution is 6.33. The fourth-order valence-corrected chi connectivity index (χ4v) is 1.77. The zero-order valence-electron chi connectivity index (χ0n) is 11.2. The third kappa shape index (κ3) is 5.27. The second-order valence-electron chi connectivity index (χ2n) is 3.86. The van der Waals surface area contributed by atoms with E-state index in [9.17, 15) is 4.79 Å². The quantitative estimate of drug-likeness (QED) is 0.648. The largest absolute Gasteiger partial charge is 0.461 e. The lowest BCUT2D eigenvalue weighted by atomic mass is 10.2. The van der Waals surface area contributed by atoms with Gasteiger partial charge in [-0.2, -0.15) is 0 Å². The van der Waals surface area contributed by atoms with Gasteiger partial charge in [-0.15, -0.1) is 12.4 Å². The van der Waals surface area contributed by atoms with E-state index < -0.39 is 5.97 Å². The smallest absolute Gasteiger partial charge is 0.340 e. The number of hydrogen-bond acceptors (Lipinski definition) is 4. The molecular weight excluding hydrogens is 287 g/mol. The molecular formula is C13H20Cl2N2O2. The predicted octanol–water partition coefficient (Wildman–Crippen LogP) is 2.84. The molecule has 1 rings (SSSR count). The summed E-state index contributed by atoms with van der Waals surface area (Å²) in [6.45, 7) is 7.09. The molecule has 0 spiro atoms. The molecule has 1 aromatic carbocycles. The average Bonchev–Trinajstić information content (AvgIpc) is 2.37. The maximum Gasteiger partial charge on any atom is 0.340 e. The van der Waals surface area contributed by atoms with Crippen LogP contribution in [-0.2, 0) is 4.74 Å². The molecule has 0 saturated carbocycles. The lowest BCUT2D eigenvalue weighted by Gasteiger charge is -2.17. The number of ether oxygens (including phenoxy) is 1. The van der Waals surface area contributed by atoms with Crippen molar-refractivity contribution in [2.45, 2.75) is 13.8 Å². The Balaban J connectivity index is 0.00000324. The van der Waals surface area contributed by atoms with Gasteiger partial charge in [-0.3, -0.25) is 0 Å². The molecule has 0 amide bonds. The van der Waals surface area contributed by atoms with E-state index in [0.29, 0.717) is 17.2 Å². The summed E-state index contributed by atoms with van der Waals surface area (Å²) >= 11 is 5.85. The number of halogens is 2. The van der Waals surface area contributed by atoms with E-state index in [0.717, 1.165) is 19.6 Å². The SMILES string of the molecule is CCN(CC)CCOC(=O)c1cccc(Cl)c1N.Cl. The highest BCUT2D eigenvalue weighted by atomic mass is 35.5. The Morgan fingerprint density at radius 2 is 2.00 bits per heavy atom. The van der Waals surface area contributed by atoms with Crippen molar-refractivity contribution in [3.05, 3.63) is 28.8 Å². The average molecular weight is 307 g/mol. The molecule has 6 heteroatoms. The summed E-state index contributed by atoms with van der Waals surface area (Å²) in [5, 5.41) is 0.369. The number of nitrogens with two attached hydrogens (primary N) is 1. The van der Waals surface area contributed by atoms with Crippen molar-refractivity contribution >= 4 is 35.7 Å². The minimum atomic E-state index is -0.429. The molecule has 0 saturated heterocycles. The van der Waals surface area contributed by atoms with Crippen LogP contribution in [0.1, 0.15) is 24.2 Å². The number of rotatable bonds is 6. The fourth-order valence-electron chi connectivity index (χ4n) is 1.60. The second kappa shape index (κ2) is 9.02. The van der Waals surface area contributed by atoms with E-state index in [-0.39, 0.29) is 18.1 Å². The predicted molar refractivity (Wildman–Crippen MR) is 81.2 cm³/mol. The molecule has 4 nitrogen and oxygen atoms in total. The van der Waals surface area contributed by atoms with Crippen LogP contribution in [-0.4, -0.2) is 37.1 Å². The van der Waals surface area contributed by atoms with Crippen LogP contribution in [0, 0.1) is 0 Å². The van der Waals surface area contributed by atoms with Gasteiger partial charge in [-0.05, 0) is 25.2 Å². The molecule has 0 aliphatic rings. The number of likely N-dealkylation sites (N-methyl/N-ethyl adjacent to an activating group) is 1. The summed E-state index contributed by atoms with van der Waals surface area (Å²) in [6.07, 6.45) is 0. The van der Waals surface area contributed by atoms with Crippen molar-refractivity contribution < 1.29 is 9.53 Å². The van der Waals surface area contributed by atoms with Crippen molar-refractivity contribution in [2.24, 2.45) is 0 Å². The molecule has 0 bridgehead atoms. The van der Waals surface area contributed by atoms with Gasteiger partial charge in [0, 0.05) is 6.54 Å². The van der Waals surface area contributed by atoms with Crippen molar-refractivity contribution in [3.8, 4) is 0 Å². The van der Waals surface area contributed by atoms with Gasteiger partial charge in [-0.1, -0.05) is 31.5 Å². The molecule has 0 unspecified atom stereocenters. The Labute approximate surface area is 125 Å². The fraction of sp³-hybridized carbons (Fsp3) is 0.462. The van der Waals surface area contributed by atoms with Gasteiger partial charge in [-0.25, -0.2) is 4.79 Å². The standard InChI is InChI=1S/C13H19ClN2O2.ClH/c1-3-16(4-2)8-9-18-13(17)10-6-5-7-11(14)12(10)15;/h5-7H,3-4,8-9,15H2,1-2H3;1H. The summed E-state index contributed by atoms with van der Waals surface area (Å²) in [5.41, 5.74) is 6.32. The van der Waals surface area contributed by atoms with Crippen molar-refractivity contribution in [2.75, 3.05) is 32.0 Å². The topological polar surface area (TPSA) is 55.6 Å². The maximum atomic E-state index is 11.8. The van der Waals surface area contributed by atoms with Crippen LogP contribution in [0.25, 0.3) is 0 Å². The molecule has 0 radical (unpaired) electrons. The van der Waals surface area contributed by atoms with Crippen LogP contribution in [0.2, 0.25) is 5.02 Å². The number of carbonyl (C=O) groups excluding carboxylic acids is 1. The first kappa shape index (κ1) is 18.0. The lowest BCUT2D eigenvalue weighted by molar-refractivity contribution is 0.0467. The van der Waals surface area contributed by atoms with Gasteiger partial charge in [0.1, 0.15) is 6.61 Å². The molecule has 19 heavy (non-hydrogen) atoms. The van der Waals surface area contributed by atoms with Gasteiger partial charge in [0.2, 0.25) is 0 Å². The van der Waals surface area contributed by atoms with Gasteiger partial charge in [0.05, 0.1) is 16.3 Å². The van der Waals surface area contributed by atoms with E-state index in [2.05, 4.69) is 18.7 Å². The minimum absolute atomic E-state index is 0. The summed E-state index contributed by atoms with van der Waals surface area (Å²) in [6, 6.07) is 4.93. The Kier molecular flexibility index (Phi) is 8.56. The third-order valence-corrected chi connectivity index (χ3v) is 3.14. The highest BCUT2D eigenvalue weighted by Gasteiger charge is 2.13. The zero-order chi connectivity index (χ0) is 13.5. The van der Waals surface area contributed by atoms with Gasteiger partial charge in [0.25, 0.3) is 0 Å². The summed E-state index contributed by atoms with van der Waals surface area (Å²) < 4.78 is 5.18. The zero-order valence-corrected chi connectivity index (χ0v) is 12.8. The number of benzene rings is 1. The number of nitrogens with zero attached hydrogens (tertiary/aromatic N) is 1. The second-order valence-corrected chi connectivity index (χ2v) is 4.27. The number of hydrogen-bond donors (Lipinski definition) is 1. The third-order valence-electron chi connectivity index (χ3n) is 2.81. The first-order valence-corrected chi connectivity index (χ1v) is 6.41. The number of esters is 1. The number of anilines is 1. The molecule has 108 valence electrons. The first-order valence-electron chi connectivity index (χ1n) is 6.03. The molecule has 1 aromatic rings. The van der Waals surface area contributed by atoms with Crippen LogP contribution in [0.4, 0.5) is 5.69 Å².